The van der Waals surface area contributed by atoms with Crippen molar-refractivity contribution < 1.29 is 9.66 Å². The maximum absolute atomic E-state index is 11.0. The summed E-state index contributed by atoms with van der Waals surface area (Å²) >= 11 is 0. The Bertz CT molecular complexity index is 685. The molecule has 1 heterocycles. The summed E-state index contributed by atoms with van der Waals surface area (Å²) in [7, 11) is 0. The van der Waals surface area contributed by atoms with Crippen LogP contribution in [0.2, 0.25) is 0 Å². The highest BCUT2D eigenvalue weighted by atomic mass is 16.6. The second-order valence-electron chi connectivity index (χ2n) is 4.13. The third-order valence-electron chi connectivity index (χ3n) is 2.57. The maximum atomic E-state index is 11.0. The fourth-order valence-electron chi connectivity index (χ4n) is 1.60. The van der Waals surface area contributed by atoms with Crippen molar-refractivity contribution in [2.24, 2.45) is 5.73 Å². The zero-order valence-electron chi connectivity index (χ0n) is 10.7. The van der Waals surface area contributed by atoms with Crippen LogP contribution in [0.15, 0.2) is 36.5 Å². The van der Waals surface area contributed by atoms with Gasteiger partial charge in [0.15, 0.2) is 0 Å². The fraction of sp³-hybridized carbons (Fsp3) is 0.0769. The molecule has 0 spiro atoms. The van der Waals surface area contributed by atoms with Gasteiger partial charge in [0.05, 0.1) is 4.92 Å². The lowest BCUT2D eigenvalue weighted by Crippen LogP contribution is -2.11. The number of hydrogen-bond acceptors (Lipinski definition) is 5. The molecular formula is C13H12N4O3. The van der Waals surface area contributed by atoms with Crippen LogP contribution < -0.4 is 10.5 Å². The van der Waals surface area contributed by atoms with Crippen LogP contribution >= 0.6 is 0 Å². The van der Waals surface area contributed by atoms with Gasteiger partial charge in [-0.2, -0.15) is 0 Å². The van der Waals surface area contributed by atoms with E-state index < -0.39 is 4.92 Å². The zero-order chi connectivity index (χ0) is 14.7. The molecule has 0 aliphatic heterocycles. The molecule has 0 aliphatic rings. The molecule has 0 fully saturated rings. The Labute approximate surface area is 114 Å². The smallest absolute Gasteiger partial charge is 0.311 e. The molecule has 2 aromatic rings. The Morgan fingerprint density at radius 2 is 2.15 bits per heavy atom. The van der Waals surface area contributed by atoms with Crippen molar-refractivity contribution in [2.75, 3.05) is 0 Å². The Hall–Kier alpha value is -2.96. The van der Waals surface area contributed by atoms with Crippen LogP contribution in [0.5, 0.6) is 11.6 Å². The van der Waals surface area contributed by atoms with Crippen molar-refractivity contribution in [1.29, 1.82) is 5.41 Å². The largest absolute Gasteiger partial charge is 0.432 e. The van der Waals surface area contributed by atoms with Gasteiger partial charge in [-0.3, -0.25) is 15.5 Å². The topological polar surface area (TPSA) is 115 Å². The van der Waals surface area contributed by atoms with Gasteiger partial charge in [0.2, 0.25) is 11.6 Å². The van der Waals surface area contributed by atoms with Gasteiger partial charge in [0.1, 0.15) is 5.84 Å². The molecule has 3 N–H and O–H groups in total. The second-order valence-corrected chi connectivity index (χ2v) is 4.13. The van der Waals surface area contributed by atoms with Crippen molar-refractivity contribution in [3.05, 3.63) is 57.8 Å². The van der Waals surface area contributed by atoms with E-state index in [4.69, 9.17) is 15.9 Å². The molecule has 7 nitrogen and oxygen atoms in total. The monoisotopic (exact) mass is 272 g/mol. The van der Waals surface area contributed by atoms with E-state index in [0.29, 0.717) is 5.56 Å². The van der Waals surface area contributed by atoms with E-state index >= 15 is 0 Å². The van der Waals surface area contributed by atoms with E-state index in [1.54, 1.807) is 19.1 Å². The first-order valence-electron chi connectivity index (χ1n) is 5.70. The van der Waals surface area contributed by atoms with Gasteiger partial charge in [-0.15, -0.1) is 0 Å². The minimum atomic E-state index is -0.517. The molecule has 0 saturated heterocycles. The number of amidine groups is 1. The van der Waals surface area contributed by atoms with E-state index in [1.165, 1.54) is 24.4 Å². The highest BCUT2D eigenvalue weighted by molar-refractivity contribution is 5.95. The number of aromatic nitrogens is 1. The molecule has 0 saturated carbocycles. The third kappa shape index (κ3) is 2.89. The first-order valence-corrected chi connectivity index (χ1v) is 5.70. The van der Waals surface area contributed by atoms with Gasteiger partial charge in [-0.1, -0.05) is 6.07 Å². The van der Waals surface area contributed by atoms with Gasteiger partial charge < -0.3 is 10.5 Å². The minimum absolute atomic E-state index is 0.0915. The molecule has 0 aliphatic carbocycles. The summed E-state index contributed by atoms with van der Waals surface area (Å²) in [5, 5.41) is 18.3. The van der Waals surface area contributed by atoms with Gasteiger partial charge in [0.25, 0.3) is 0 Å². The van der Waals surface area contributed by atoms with Crippen LogP contribution in [-0.4, -0.2) is 15.7 Å². The molecule has 1 aromatic heterocycles. The Balaban J connectivity index is 2.37. The van der Waals surface area contributed by atoms with E-state index in [2.05, 4.69) is 4.98 Å². The van der Waals surface area contributed by atoms with Gasteiger partial charge >= 0.3 is 5.69 Å². The number of nitro benzene ring substituents is 1. The van der Waals surface area contributed by atoms with Crippen LogP contribution in [0.25, 0.3) is 0 Å². The normalized spacial score (nSPS) is 10.1. The first kappa shape index (κ1) is 13.5. The predicted octanol–water partition coefficient (Wildman–Crippen LogP) is 2.37. The number of benzene rings is 1. The predicted molar refractivity (Wildman–Crippen MR) is 73.2 cm³/mol. The standard InChI is InChI=1S/C13H12N4O3/c1-8-2-3-11(10(6-8)17(18)19)20-12-7-9(13(14)15)4-5-16-12/h2-7H,1H3,(H3,14,15). The summed E-state index contributed by atoms with van der Waals surface area (Å²) in [5.41, 5.74) is 6.42. The molecule has 0 amide bonds. The first-order chi connectivity index (χ1) is 9.47. The minimum Gasteiger partial charge on any atom is -0.432 e. The van der Waals surface area contributed by atoms with E-state index in [-0.39, 0.29) is 23.2 Å². The summed E-state index contributed by atoms with van der Waals surface area (Å²) in [4.78, 5) is 14.4. The number of hydrogen-bond donors (Lipinski definition) is 2. The average Bonchev–Trinajstić information content (AvgIpc) is 2.41. The van der Waals surface area contributed by atoms with Gasteiger partial charge in [-0.05, 0) is 24.6 Å². The maximum Gasteiger partial charge on any atom is 0.311 e. The molecule has 1 aromatic carbocycles. The summed E-state index contributed by atoms with van der Waals surface area (Å²) in [6.45, 7) is 1.76. The molecular weight excluding hydrogens is 260 g/mol. The van der Waals surface area contributed by atoms with Crippen LogP contribution in [0.3, 0.4) is 0 Å². The van der Waals surface area contributed by atoms with Gasteiger partial charge in [-0.25, -0.2) is 4.98 Å². The number of nitro groups is 1. The molecule has 0 atom stereocenters. The van der Waals surface area contributed by atoms with E-state index in [0.717, 1.165) is 5.56 Å². The number of aryl methyl sites for hydroxylation is 1. The number of ether oxygens (including phenoxy) is 1. The molecule has 0 unspecified atom stereocenters. The second kappa shape index (κ2) is 5.35. The Morgan fingerprint density at radius 3 is 2.80 bits per heavy atom. The molecule has 0 radical (unpaired) electrons. The fourth-order valence-corrected chi connectivity index (χ4v) is 1.60. The van der Waals surface area contributed by atoms with Crippen LogP contribution in [0, 0.1) is 22.4 Å². The average molecular weight is 272 g/mol. The molecule has 20 heavy (non-hydrogen) atoms. The van der Waals surface area contributed by atoms with Crippen molar-refractivity contribution in [3.8, 4) is 11.6 Å². The number of pyridine rings is 1. The quantitative estimate of drug-likeness (QED) is 0.383. The van der Waals surface area contributed by atoms with E-state index in [1.807, 2.05) is 0 Å². The van der Waals surface area contributed by atoms with Crippen molar-refractivity contribution in [3.63, 3.8) is 0 Å². The SMILES string of the molecule is Cc1ccc(Oc2cc(C(=N)N)ccn2)c([N+](=O)[O-])c1. The molecule has 2 rings (SSSR count). The summed E-state index contributed by atoms with van der Waals surface area (Å²) < 4.78 is 5.41. The molecule has 102 valence electrons. The lowest BCUT2D eigenvalue weighted by molar-refractivity contribution is -0.385. The third-order valence-corrected chi connectivity index (χ3v) is 2.57. The Kier molecular flexibility index (Phi) is 3.60. The number of nitrogens with zero attached hydrogens (tertiary/aromatic N) is 2. The highest BCUT2D eigenvalue weighted by Crippen LogP contribution is 2.31. The van der Waals surface area contributed by atoms with Crippen molar-refractivity contribution >= 4 is 11.5 Å². The number of rotatable bonds is 4. The van der Waals surface area contributed by atoms with Crippen molar-refractivity contribution in [2.45, 2.75) is 6.92 Å². The summed E-state index contributed by atoms with van der Waals surface area (Å²) in [6.07, 6.45) is 1.42. The van der Waals surface area contributed by atoms with Gasteiger partial charge in [0, 0.05) is 23.9 Å². The summed E-state index contributed by atoms with van der Waals surface area (Å²) in [6, 6.07) is 7.64. The van der Waals surface area contributed by atoms with E-state index in [9.17, 15) is 10.1 Å². The van der Waals surface area contributed by atoms with Crippen molar-refractivity contribution in [1.82, 2.24) is 4.98 Å². The lowest BCUT2D eigenvalue weighted by atomic mass is 10.2. The summed E-state index contributed by atoms with van der Waals surface area (Å²) in [5.74, 6) is 0.106. The molecule has 7 heteroatoms. The van der Waals surface area contributed by atoms with Crippen LogP contribution in [0.1, 0.15) is 11.1 Å². The lowest BCUT2D eigenvalue weighted by Gasteiger charge is -2.07. The zero-order valence-corrected chi connectivity index (χ0v) is 10.7. The molecule has 0 bridgehead atoms. The Morgan fingerprint density at radius 1 is 1.40 bits per heavy atom. The number of nitrogen functional groups attached to an aromatic ring is 1. The highest BCUT2D eigenvalue weighted by Gasteiger charge is 2.16. The number of nitrogens with two attached hydrogens (primary N) is 1. The number of nitrogens with one attached hydrogen (secondary N) is 1. The van der Waals surface area contributed by atoms with Crippen LogP contribution in [-0.2, 0) is 0 Å². The van der Waals surface area contributed by atoms with Crippen LogP contribution in [0.4, 0.5) is 5.69 Å².